The maximum atomic E-state index is 14.8. The molecule has 1 saturated heterocycles. The van der Waals surface area contributed by atoms with Crippen LogP contribution in [0.3, 0.4) is 0 Å². The minimum Gasteiger partial charge on any atom is -0.382 e. The molecular weight excluding hydrogens is 602 g/mol. The topological polar surface area (TPSA) is 60.7 Å². The van der Waals surface area contributed by atoms with E-state index in [2.05, 4.69) is 60.1 Å². The molecule has 0 radical (unpaired) electrons. The lowest BCUT2D eigenvalue weighted by atomic mass is 9.92. The van der Waals surface area contributed by atoms with Crippen LogP contribution in [-0.4, -0.2) is 64.5 Å². The number of hydrogen-bond acceptors (Lipinski definition) is 6. The lowest BCUT2D eigenvalue weighted by molar-refractivity contribution is -0.0175. The average molecular weight is 632 g/mol. The van der Waals surface area contributed by atoms with Crippen LogP contribution < -0.4 is 9.80 Å². The Bertz CT molecular complexity index is 1430. The molecule has 2 heterocycles. The van der Waals surface area contributed by atoms with Crippen molar-refractivity contribution in [1.29, 1.82) is 0 Å². The molecule has 1 atom stereocenters. The van der Waals surface area contributed by atoms with Crippen molar-refractivity contribution in [3.8, 4) is 0 Å². The zero-order valence-corrected chi connectivity index (χ0v) is 24.4. The van der Waals surface area contributed by atoms with Crippen molar-refractivity contribution >= 4 is 38.9 Å². The summed E-state index contributed by atoms with van der Waals surface area (Å²) >= 11 is 9.84. The van der Waals surface area contributed by atoms with Crippen molar-refractivity contribution in [3.63, 3.8) is 0 Å². The summed E-state index contributed by atoms with van der Waals surface area (Å²) in [4.78, 5) is 10.5. The van der Waals surface area contributed by atoms with E-state index in [9.17, 15) is 13.9 Å². The molecule has 1 aromatic heterocycles. The van der Waals surface area contributed by atoms with E-state index in [0.29, 0.717) is 6.54 Å². The molecule has 1 unspecified atom stereocenters. The SMILES string of the molecule is CN(Cc1ccc(N2CCN(c3cc(Cl)ccc3Br)CC2)cc1)CC(O)(Cn1cncn1)c1ccc(F)cc1F. The number of rotatable bonds is 9. The fourth-order valence-electron chi connectivity index (χ4n) is 5.23. The molecule has 40 heavy (non-hydrogen) atoms. The summed E-state index contributed by atoms with van der Waals surface area (Å²) in [5, 5.41) is 16.4. The van der Waals surface area contributed by atoms with Gasteiger partial charge in [0.1, 0.15) is 29.9 Å². The highest BCUT2D eigenvalue weighted by Gasteiger charge is 2.35. The zero-order chi connectivity index (χ0) is 28.3. The summed E-state index contributed by atoms with van der Waals surface area (Å²) in [5.74, 6) is -1.50. The molecule has 11 heteroatoms. The molecule has 1 aliphatic rings. The molecule has 7 nitrogen and oxygen atoms in total. The quantitative estimate of drug-likeness (QED) is 0.270. The first kappa shape index (κ1) is 28.5. The van der Waals surface area contributed by atoms with E-state index in [1.807, 2.05) is 30.1 Å². The van der Waals surface area contributed by atoms with Crippen LogP contribution in [0.2, 0.25) is 5.02 Å². The van der Waals surface area contributed by atoms with Gasteiger partial charge >= 0.3 is 0 Å². The highest BCUT2D eigenvalue weighted by molar-refractivity contribution is 9.10. The van der Waals surface area contributed by atoms with E-state index in [4.69, 9.17) is 11.6 Å². The second kappa shape index (κ2) is 12.2. The predicted molar refractivity (Wildman–Crippen MR) is 157 cm³/mol. The fraction of sp³-hybridized carbons (Fsp3) is 0.310. The Morgan fingerprint density at radius 3 is 2.40 bits per heavy atom. The summed E-state index contributed by atoms with van der Waals surface area (Å²) in [6.07, 6.45) is 2.81. The Hall–Kier alpha value is -3.05. The smallest absolute Gasteiger partial charge is 0.137 e. The summed E-state index contributed by atoms with van der Waals surface area (Å²) in [7, 11) is 1.86. The van der Waals surface area contributed by atoms with Gasteiger partial charge < -0.3 is 14.9 Å². The standard InChI is InChI=1S/C29H30BrClF2N6O/c1-36(17-29(40,18-39-20-34-19-35-39)25-8-5-23(32)15-27(25)33)16-21-2-6-24(7-3-21)37-10-12-38(13-11-37)28-14-22(31)4-9-26(28)30/h2-9,14-15,19-20,40H,10-13,16-18H2,1H3. The number of benzene rings is 3. The second-order valence-electron chi connectivity index (χ2n) is 10.2. The van der Waals surface area contributed by atoms with Crippen molar-refractivity contribution in [2.75, 3.05) is 49.6 Å². The molecule has 0 spiro atoms. The third kappa shape index (κ3) is 6.63. The molecule has 1 aliphatic heterocycles. The summed E-state index contributed by atoms with van der Waals surface area (Å²) in [5.41, 5.74) is 1.66. The van der Waals surface area contributed by atoms with Gasteiger partial charge in [-0.25, -0.2) is 18.4 Å². The molecule has 1 fully saturated rings. The molecule has 0 saturated carbocycles. The van der Waals surface area contributed by atoms with Gasteiger partial charge in [-0.2, -0.15) is 5.10 Å². The number of hydrogen-bond donors (Lipinski definition) is 1. The van der Waals surface area contributed by atoms with Gasteiger partial charge in [0, 0.05) is 66.1 Å². The fourth-order valence-corrected chi connectivity index (χ4v) is 5.89. The molecule has 210 valence electrons. The lowest BCUT2D eigenvalue weighted by Crippen LogP contribution is -2.46. The highest BCUT2D eigenvalue weighted by Crippen LogP contribution is 2.31. The van der Waals surface area contributed by atoms with Gasteiger partial charge in [-0.15, -0.1) is 0 Å². The first-order valence-corrected chi connectivity index (χ1v) is 14.1. The molecule has 0 amide bonds. The zero-order valence-electron chi connectivity index (χ0n) is 22.0. The van der Waals surface area contributed by atoms with Crippen LogP contribution in [0.4, 0.5) is 20.2 Å². The van der Waals surface area contributed by atoms with Gasteiger partial charge in [-0.05, 0) is 64.9 Å². The highest BCUT2D eigenvalue weighted by atomic mass is 79.9. The molecule has 0 bridgehead atoms. The van der Waals surface area contributed by atoms with E-state index >= 15 is 0 Å². The first-order chi connectivity index (χ1) is 19.2. The monoisotopic (exact) mass is 630 g/mol. The molecule has 4 aromatic rings. The molecule has 0 aliphatic carbocycles. The van der Waals surface area contributed by atoms with Gasteiger partial charge in [0.2, 0.25) is 0 Å². The van der Waals surface area contributed by atoms with Gasteiger partial charge in [0.25, 0.3) is 0 Å². The maximum Gasteiger partial charge on any atom is 0.137 e. The maximum absolute atomic E-state index is 14.8. The van der Waals surface area contributed by atoms with Crippen LogP contribution in [0.5, 0.6) is 0 Å². The van der Waals surface area contributed by atoms with Crippen LogP contribution in [0, 0.1) is 11.6 Å². The molecule has 5 rings (SSSR count). The van der Waals surface area contributed by atoms with Gasteiger partial charge in [0.05, 0.1) is 12.2 Å². The van der Waals surface area contributed by atoms with Crippen molar-refractivity contribution in [2.24, 2.45) is 0 Å². The molecule has 3 aromatic carbocycles. The predicted octanol–water partition coefficient (Wildman–Crippen LogP) is 5.32. The minimum absolute atomic E-state index is 0.00976. The number of nitrogens with zero attached hydrogens (tertiary/aromatic N) is 6. The third-order valence-electron chi connectivity index (χ3n) is 7.14. The van der Waals surface area contributed by atoms with Crippen LogP contribution in [0.25, 0.3) is 0 Å². The second-order valence-corrected chi connectivity index (χ2v) is 11.4. The van der Waals surface area contributed by atoms with Crippen LogP contribution in [0.15, 0.2) is 77.8 Å². The van der Waals surface area contributed by atoms with Crippen LogP contribution in [-0.2, 0) is 18.7 Å². The summed E-state index contributed by atoms with van der Waals surface area (Å²) in [6, 6.07) is 17.4. The van der Waals surface area contributed by atoms with Gasteiger partial charge in [0.15, 0.2) is 0 Å². The lowest BCUT2D eigenvalue weighted by Gasteiger charge is -2.38. The van der Waals surface area contributed by atoms with Crippen molar-refractivity contribution < 1.29 is 13.9 Å². The molecular formula is C29H30BrClF2N6O. The number of likely N-dealkylation sites (N-methyl/N-ethyl adjacent to an activating group) is 1. The van der Waals surface area contributed by atoms with Crippen molar-refractivity contribution in [3.05, 3.63) is 106 Å². The largest absolute Gasteiger partial charge is 0.382 e. The summed E-state index contributed by atoms with van der Waals surface area (Å²) in [6.45, 7) is 4.13. The van der Waals surface area contributed by atoms with E-state index in [0.717, 1.165) is 64.7 Å². The summed E-state index contributed by atoms with van der Waals surface area (Å²) < 4.78 is 30.8. The Labute approximate surface area is 245 Å². The Balaban J connectivity index is 1.22. The number of halogens is 4. The Morgan fingerprint density at radius 1 is 1.00 bits per heavy atom. The normalized spacial score (nSPS) is 15.5. The minimum atomic E-state index is -1.65. The number of anilines is 2. The first-order valence-electron chi connectivity index (χ1n) is 12.9. The molecule has 1 N–H and O–H groups in total. The van der Waals surface area contributed by atoms with E-state index in [1.165, 1.54) is 23.4 Å². The van der Waals surface area contributed by atoms with Crippen molar-refractivity contribution in [2.45, 2.75) is 18.7 Å². The van der Waals surface area contributed by atoms with Crippen LogP contribution in [0.1, 0.15) is 11.1 Å². The third-order valence-corrected chi connectivity index (χ3v) is 8.04. The van der Waals surface area contributed by atoms with Crippen LogP contribution >= 0.6 is 27.5 Å². The number of aromatic nitrogens is 3. The number of piperazine rings is 1. The average Bonchev–Trinajstić information content (AvgIpc) is 3.43. The Kier molecular flexibility index (Phi) is 8.70. The van der Waals surface area contributed by atoms with E-state index in [1.54, 1.807) is 0 Å². The van der Waals surface area contributed by atoms with Crippen molar-refractivity contribution in [1.82, 2.24) is 19.7 Å². The van der Waals surface area contributed by atoms with E-state index in [-0.39, 0.29) is 18.7 Å². The van der Waals surface area contributed by atoms with E-state index < -0.39 is 17.2 Å². The number of aliphatic hydroxyl groups is 1. The van der Waals surface area contributed by atoms with Gasteiger partial charge in [-0.3, -0.25) is 4.90 Å². The van der Waals surface area contributed by atoms with Gasteiger partial charge in [-0.1, -0.05) is 29.8 Å². The Morgan fingerprint density at radius 2 is 1.73 bits per heavy atom.